The molecule has 2 aliphatic rings. The average Bonchev–Trinajstić information content (AvgIpc) is 3.13. The number of fused-ring (bicyclic) bond motifs is 1. The predicted octanol–water partition coefficient (Wildman–Crippen LogP) is 2.89. The molecule has 0 spiro atoms. The lowest BCUT2D eigenvalue weighted by molar-refractivity contribution is -0.385. The minimum Gasteiger partial charge on any atom is -0.493 e. The van der Waals surface area contributed by atoms with Crippen molar-refractivity contribution in [2.24, 2.45) is 11.3 Å². The number of halogens is 2. The highest BCUT2D eigenvalue weighted by molar-refractivity contribution is 5.76. The lowest BCUT2D eigenvalue weighted by Crippen LogP contribution is -2.35. The molecule has 3 rings (SSSR count). The van der Waals surface area contributed by atoms with Gasteiger partial charge in [0.1, 0.15) is 0 Å². The van der Waals surface area contributed by atoms with Gasteiger partial charge in [0.05, 0.1) is 23.5 Å². The fraction of sp³-hybridized carbons (Fsp3) is 0.588. The number of carbonyl (C=O) groups is 1. The molecule has 1 heterocycles. The summed E-state index contributed by atoms with van der Waals surface area (Å²) in [5.74, 6) is -1.27. The number of hydrogen-bond acceptors (Lipinski definition) is 6. The van der Waals surface area contributed by atoms with Crippen LogP contribution in [0.15, 0.2) is 12.1 Å². The monoisotopic (exact) mass is 386 g/mol. The van der Waals surface area contributed by atoms with E-state index in [1.165, 1.54) is 13.2 Å². The van der Waals surface area contributed by atoms with Crippen molar-refractivity contribution in [2.75, 3.05) is 20.2 Å². The minimum atomic E-state index is -3.14. The van der Waals surface area contributed by atoms with Crippen LogP contribution in [0.5, 0.6) is 11.5 Å². The summed E-state index contributed by atoms with van der Waals surface area (Å²) < 4.78 is 34.4. The van der Waals surface area contributed by atoms with Gasteiger partial charge in [0.15, 0.2) is 11.5 Å². The first-order valence-electron chi connectivity index (χ1n) is 8.52. The first-order chi connectivity index (χ1) is 12.8. The molecule has 0 bridgehead atoms. The second-order valence-electron chi connectivity index (χ2n) is 6.99. The molecule has 0 aromatic heterocycles. The molecule has 2 atom stereocenters. The van der Waals surface area contributed by atoms with Crippen molar-refractivity contribution in [3.05, 3.63) is 27.8 Å². The number of hydrogen-bond donors (Lipinski definition) is 1. The van der Waals surface area contributed by atoms with Crippen molar-refractivity contribution in [2.45, 2.75) is 32.4 Å². The molecule has 1 aromatic rings. The number of alkyl halides is 2. The fourth-order valence-electron chi connectivity index (χ4n) is 4.34. The SMILES string of the molecule is COc1cc(CN2C[C@@H]3CCC[C@@]3(C(=O)O)C2)c([N+](=O)[O-])cc1OC(F)F. The van der Waals surface area contributed by atoms with Crippen LogP contribution < -0.4 is 9.47 Å². The molecule has 1 N–H and O–H groups in total. The maximum Gasteiger partial charge on any atom is 0.387 e. The number of rotatable bonds is 7. The zero-order valence-electron chi connectivity index (χ0n) is 14.7. The van der Waals surface area contributed by atoms with Crippen LogP contribution in [0.3, 0.4) is 0 Å². The van der Waals surface area contributed by atoms with Gasteiger partial charge in [-0.25, -0.2) is 0 Å². The highest BCUT2D eigenvalue weighted by Crippen LogP contribution is 2.49. The van der Waals surface area contributed by atoms with Gasteiger partial charge in [0, 0.05) is 25.2 Å². The molecular weight excluding hydrogens is 366 g/mol. The summed E-state index contributed by atoms with van der Waals surface area (Å²) in [6, 6.07) is 2.22. The highest BCUT2D eigenvalue weighted by Gasteiger charge is 2.54. The van der Waals surface area contributed by atoms with Gasteiger partial charge in [-0.05, 0) is 24.8 Å². The minimum absolute atomic E-state index is 0.0115. The summed E-state index contributed by atoms with van der Waals surface area (Å²) in [5, 5.41) is 21.1. The summed E-state index contributed by atoms with van der Waals surface area (Å²) in [7, 11) is 1.25. The number of nitrogens with zero attached hydrogens (tertiary/aromatic N) is 2. The molecule has 1 saturated carbocycles. The third-order valence-corrected chi connectivity index (χ3v) is 5.54. The third kappa shape index (κ3) is 3.53. The quantitative estimate of drug-likeness (QED) is 0.568. The Morgan fingerprint density at radius 3 is 2.78 bits per heavy atom. The van der Waals surface area contributed by atoms with E-state index in [-0.39, 0.29) is 29.5 Å². The van der Waals surface area contributed by atoms with E-state index >= 15 is 0 Å². The van der Waals surface area contributed by atoms with E-state index in [0.717, 1.165) is 18.9 Å². The molecule has 10 heteroatoms. The van der Waals surface area contributed by atoms with Crippen molar-refractivity contribution in [3.8, 4) is 11.5 Å². The Labute approximate surface area is 153 Å². The van der Waals surface area contributed by atoms with Crippen LogP contribution in [0.1, 0.15) is 24.8 Å². The maximum absolute atomic E-state index is 12.5. The largest absolute Gasteiger partial charge is 0.493 e. The number of benzene rings is 1. The predicted molar refractivity (Wildman–Crippen MR) is 89.0 cm³/mol. The van der Waals surface area contributed by atoms with Crippen LogP contribution >= 0.6 is 0 Å². The van der Waals surface area contributed by atoms with Gasteiger partial charge in [-0.1, -0.05) is 6.42 Å². The normalized spacial score (nSPS) is 24.8. The van der Waals surface area contributed by atoms with Crippen molar-refractivity contribution in [3.63, 3.8) is 0 Å². The Balaban J connectivity index is 1.88. The number of likely N-dealkylation sites (tertiary alicyclic amines) is 1. The van der Waals surface area contributed by atoms with E-state index < -0.39 is 28.7 Å². The highest BCUT2D eigenvalue weighted by atomic mass is 19.3. The van der Waals surface area contributed by atoms with Crippen molar-refractivity contribution in [1.29, 1.82) is 0 Å². The Bertz CT molecular complexity index is 759. The van der Waals surface area contributed by atoms with Crippen molar-refractivity contribution in [1.82, 2.24) is 4.90 Å². The van der Waals surface area contributed by atoms with Crippen LogP contribution in [-0.4, -0.2) is 47.7 Å². The first-order valence-corrected chi connectivity index (χ1v) is 8.52. The van der Waals surface area contributed by atoms with Gasteiger partial charge >= 0.3 is 12.6 Å². The molecule has 8 nitrogen and oxygen atoms in total. The standard InChI is InChI=1S/C17H20F2N2O6/c1-26-13-5-10(12(21(24)25)6-14(13)27-16(18)19)7-20-8-11-3-2-4-17(11,9-20)15(22)23/h5-6,11,16H,2-4,7-9H2,1H3,(H,22,23)/t11-,17+/m0/s1. The fourth-order valence-corrected chi connectivity index (χ4v) is 4.34. The average molecular weight is 386 g/mol. The number of nitro benzene ring substituents is 1. The summed E-state index contributed by atoms with van der Waals surface area (Å²) >= 11 is 0. The molecule has 1 aromatic carbocycles. The van der Waals surface area contributed by atoms with Crippen molar-refractivity contribution >= 4 is 11.7 Å². The summed E-state index contributed by atoms with van der Waals surface area (Å²) in [5.41, 5.74) is -0.913. The van der Waals surface area contributed by atoms with E-state index in [1.54, 1.807) is 0 Å². The second kappa shape index (κ2) is 7.26. The molecule has 2 fully saturated rings. The van der Waals surface area contributed by atoms with Gasteiger partial charge in [-0.2, -0.15) is 8.78 Å². The molecule has 27 heavy (non-hydrogen) atoms. The lowest BCUT2D eigenvalue weighted by atomic mass is 9.81. The smallest absolute Gasteiger partial charge is 0.387 e. The first kappa shape index (κ1) is 19.3. The summed E-state index contributed by atoms with van der Waals surface area (Å²) in [6.45, 7) is -2.17. The Morgan fingerprint density at radius 2 is 2.22 bits per heavy atom. The van der Waals surface area contributed by atoms with Crippen LogP contribution in [0.25, 0.3) is 0 Å². The summed E-state index contributed by atoms with van der Waals surface area (Å²) in [6.07, 6.45) is 2.27. The number of nitro groups is 1. The Morgan fingerprint density at radius 1 is 1.48 bits per heavy atom. The third-order valence-electron chi connectivity index (χ3n) is 5.54. The molecule has 0 radical (unpaired) electrons. The van der Waals surface area contributed by atoms with Gasteiger partial charge < -0.3 is 14.6 Å². The van der Waals surface area contributed by atoms with Crippen LogP contribution in [0.4, 0.5) is 14.5 Å². The van der Waals surface area contributed by atoms with E-state index in [0.29, 0.717) is 19.5 Å². The van der Waals surface area contributed by atoms with Crippen molar-refractivity contribution < 1.29 is 33.1 Å². The number of methoxy groups -OCH3 is 1. The number of aliphatic carboxylic acids is 1. The van der Waals surface area contributed by atoms with E-state index in [2.05, 4.69) is 4.74 Å². The second-order valence-corrected chi connectivity index (χ2v) is 6.99. The molecular formula is C17H20F2N2O6. The number of carboxylic acids is 1. The van der Waals surface area contributed by atoms with Crippen LogP contribution in [0, 0.1) is 21.4 Å². The molecule has 1 aliphatic heterocycles. The van der Waals surface area contributed by atoms with E-state index in [4.69, 9.17) is 4.74 Å². The van der Waals surface area contributed by atoms with Gasteiger partial charge in [0.2, 0.25) is 0 Å². The lowest BCUT2D eigenvalue weighted by Gasteiger charge is -2.23. The maximum atomic E-state index is 12.5. The summed E-state index contributed by atoms with van der Waals surface area (Å²) in [4.78, 5) is 24.4. The number of ether oxygens (including phenoxy) is 2. The van der Waals surface area contributed by atoms with E-state index in [9.17, 15) is 28.8 Å². The Kier molecular flexibility index (Phi) is 5.18. The molecule has 0 amide bonds. The topological polar surface area (TPSA) is 102 Å². The van der Waals surface area contributed by atoms with Crippen LogP contribution in [-0.2, 0) is 11.3 Å². The zero-order valence-corrected chi connectivity index (χ0v) is 14.7. The Hall–Kier alpha value is -2.49. The molecule has 1 aliphatic carbocycles. The molecule has 1 saturated heterocycles. The van der Waals surface area contributed by atoms with Gasteiger partial charge in [0.25, 0.3) is 5.69 Å². The molecule has 148 valence electrons. The van der Waals surface area contributed by atoms with E-state index in [1.807, 2.05) is 4.90 Å². The zero-order chi connectivity index (χ0) is 19.8. The van der Waals surface area contributed by atoms with Crippen LogP contribution in [0.2, 0.25) is 0 Å². The van der Waals surface area contributed by atoms with Gasteiger partial charge in [-0.15, -0.1) is 0 Å². The van der Waals surface area contributed by atoms with Gasteiger partial charge in [-0.3, -0.25) is 19.8 Å². The molecule has 0 unspecified atom stereocenters. The number of carboxylic acid groups (broad SMARTS) is 1.